The number of ether oxygens (including phenoxy) is 1. The molecule has 1 amide bonds. The Bertz CT molecular complexity index is 496. The average molecular weight is 296 g/mol. The fourth-order valence-corrected chi connectivity index (χ4v) is 1.94. The van der Waals surface area contributed by atoms with Crippen molar-refractivity contribution >= 4 is 17.6 Å². The molecule has 2 N–H and O–H groups in total. The highest BCUT2D eigenvalue weighted by atomic mass is 16.5. The van der Waals surface area contributed by atoms with Crippen LogP contribution in [0.1, 0.15) is 38.2 Å². The maximum atomic E-state index is 12.5. The molecule has 21 heavy (non-hydrogen) atoms. The normalized spacial score (nSPS) is 10.7. The van der Waals surface area contributed by atoms with Gasteiger partial charge < -0.3 is 15.4 Å². The van der Waals surface area contributed by atoms with Crippen LogP contribution in [0.5, 0.6) is 0 Å². The number of hydrogen-bond donors (Lipinski definition) is 1. The van der Waals surface area contributed by atoms with Gasteiger partial charge in [0, 0.05) is 19.3 Å². The molecule has 0 bridgehead atoms. The smallest absolute Gasteiger partial charge is 0.325 e. The van der Waals surface area contributed by atoms with Gasteiger partial charge in [0.05, 0.1) is 12.3 Å². The predicted octanol–water partition coefficient (Wildman–Crippen LogP) is 1.15. The Labute approximate surface area is 125 Å². The first kappa shape index (κ1) is 17.0. The lowest BCUT2D eigenvalue weighted by Gasteiger charge is -2.22. The van der Waals surface area contributed by atoms with E-state index in [1.165, 1.54) is 4.90 Å². The summed E-state index contributed by atoms with van der Waals surface area (Å²) < 4.78 is 6.50. The van der Waals surface area contributed by atoms with Gasteiger partial charge in [-0.2, -0.15) is 5.10 Å². The topological polar surface area (TPSA) is 90.5 Å². The van der Waals surface area contributed by atoms with Crippen molar-refractivity contribution in [3.63, 3.8) is 0 Å². The lowest BCUT2D eigenvalue weighted by Crippen LogP contribution is -2.39. The minimum atomic E-state index is -0.431. The second kappa shape index (κ2) is 7.66. The van der Waals surface area contributed by atoms with E-state index in [0.29, 0.717) is 18.8 Å². The number of nitrogen functional groups attached to an aromatic ring is 1. The number of amides is 1. The number of esters is 1. The largest absolute Gasteiger partial charge is 0.465 e. The zero-order valence-corrected chi connectivity index (χ0v) is 13.1. The third-order valence-corrected chi connectivity index (χ3v) is 2.81. The van der Waals surface area contributed by atoms with Crippen molar-refractivity contribution in [3.8, 4) is 0 Å². The summed E-state index contributed by atoms with van der Waals surface area (Å²) in [6.45, 7) is 8.84. The highest BCUT2D eigenvalue weighted by Crippen LogP contribution is 2.13. The fraction of sp³-hybridized carbons (Fsp3) is 0.643. The Balaban J connectivity index is 2.92. The van der Waals surface area contributed by atoms with Gasteiger partial charge in [0.1, 0.15) is 6.54 Å². The lowest BCUT2D eigenvalue weighted by atomic mass is 10.2. The van der Waals surface area contributed by atoms with Crippen LogP contribution in [0.4, 0.5) is 5.69 Å². The highest BCUT2D eigenvalue weighted by Gasteiger charge is 2.24. The average Bonchev–Trinajstić information content (AvgIpc) is 2.78. The van der Waals surface area contributed by atoms with Crippen LogP contribution in [0.15, 0.2) is 6.20 Å². The number of hydrogen-bond acceptors (Lipinski definition) is 5. The van der Waals surface area contributed by atoms with Crippen molar-refractivity contribution in [2.75, 3.05) is 25.4 Å². The van der Waals surface area contributed by atoms with Crippen LogP contribution in [-0.2, 0) is 16.1 Å². The summed E-state index contributed by atoms with van der Waals surface area (Å²) in [5.41, 5.74) is 6.33. The molecule has 0 atom stereocenters. The maximum absolute atomic E-state index is 12.5. The minimum Gasteiger partial charge on any atom is -0.465 e. The fourth-order valence-electron chi connectivity index (χ4n) is 1.94. The standard InChI is InChI=1S/C14H24N4O3/c1-5-18-8-11(15)13(16-18)14(20)17(7-10(3)4)9-12(19)21-6-2/h8,10H,5-7,9,15H2,1-4H3. The van der Waals surface area contributed by atoms with Crippen LogP contribution in [0.25, 0.3) is 0 Å². The second-order valence-electron chi connectivity index (χ2n) is 5.17. The third-order valence-electron chi connectivity index (χ3n) is 2.81. The Kier molecular flexibility index (Phi) is 6.20. The van der Waals surface area contributed by atoms with Crippen molar-refractivity contribution in [1.82, 2.24) is 14.7 Å². The zero-order chi connectivity index (χ0) is 16.0. The van der Waals surface area contributed by atoms with Crippen molar-refractivity contribution in [1.29, 1.82) is 0 Å². The lowest BCUT2D eigenvalue weighted by molar-refractivity contribution is -0.143. The first-order chi connectivity index (χ1) is 9.88. The molecule has 0 saturated carbocycles. The molecule has 0 radical (unpaired) electrons. The molecule has 0 saturated heterocycles. The molecule has 0 aliphatic carbocycles. The summed E-state index contributed by atoms with van der Waals surface area (Å²) in [4.78, 5) is 25.6. The molecule has 7 nitrogen and oxygen atoms in total. The summed E-state index contributed by atoms with van der Waals surface area (Å²) in [5.74, 6) is -0.556. The van der Waals surface area contributed by atoms with E-state index in [0.717, 1.165) is 0 Å². The Morgan fingerprint density at radius 3 is 2.57 bits per heavy atom. The molecule has 0 unspecified atom stereocenters. The number of carbonyl (C=O) groups is 2. The number of aromatic nitrogens is 2. The molecule has 118 valence electrons. The van der Waals surface area contributed by atoms with E-state index in [2.05, 4.69) is 5.10 Å². The minimum absolute atomic E-state index is 0.0940. The van der Waals surface area contributed by atoms with Crippen LogP contribution in [0.3, 0.4) is 0 Å². The van der Waals surface area contributed by atoms with Crippen molar-refractivity contribution in [2.24, 2.45) is 5.92 Å². The number of nitrogens with zero attached hydrogens (tertiary/aromatic N) is 3. The summed E-state index contributed by atoms with van der Waals surface area (Å²) >= 11 is 0. The molecule has 1 rings (SSSR count). The van der Waals surface area contributed by atoms with E-state index >= 15 is 0 Å². The summed E-state index contributed by atoms with van der Waals surface area (Å²) in [6.07, 6.45) is 1.62. The summed E-state index contributed by atoms with van der Waals surface area (Å²) in [7, 11) is 0. The molecule has 1 aromatic rings. The van der Waals surface area contributed by atoms with Gasteiger partial charge in [-0.1, -0.05) is 13.8 Å². The van der Waals surface area contributed by atoms with E-state index in [1.54, 1.807) is 17.8 Å². The van der Waals surface area contributed by atoms with Crippen molar-refractivity contribution in [3.05, 3.63) is 11.9 Å². The number of nitrogens with two attached hydrogens (primary N) is 1. The van der Waals surface area contributed by atoms with Gasteiger partial charge in [-0.25, -0.2) is 0 Å². The Morgan fingerprint density at radius 2 is 2.10 bits per heavy atom. The van der Waals surface area contributed by atoms with E-state index in [-0.39, 0.29) is 30.7 Å². The van der Waals surface area contributed by atoms with Gasteiger partial charge in [0.15, 0.2) is 5.69 Å². The molecule has 0 aromatic carbocycles. The van der Waals surface area contributed by atoms with Crippen LogP contribution < -0.4 is 5.73 Å². The van der Waals surface area contributed by atoms with E-state index in [9.17, 15) is 9.59 Å². The molecule has 1 heterocycles. The van der Waals surface area contributed by atoms with E-state index in [1.807, 2.05) is 20.8 Å². The quantitative estimate of drug-likeness (QED) is 0.762. The van der Waals surface area contributed by atoms with Gasteiger partial charge in [-0.3, -0.25) is 14.3 Å². The van der Waals surface area contributed by atoms with Gasteiger partial charge in [0.25, 0.3) is 5.91 Å². The number of anilines is 1. The van der Waals surface area contributed by atoms with Crippen molar-refractivity contribution < 1.29 is 14.3 Å². The first-order valence-electron chi connectivity index (χ1n) is 7.16. The number of rotatable bonds is 7. The van der Waals surface area contributed by atoms with Crippen LogP contribution in [0.2, 0.25) is 0 Å². The van der Waals surface area contributed by atoms with Gasteiger partial charge in [-0.05, 0) is 19.8 Å². The Morgan fingerprint density at radius 1 is 1.43 bits per heavy atom. The second-order valence-corrected chi connectivity index (χ2v) is 5.17. The SMILES string of the molecule is CCOC(=O)CN(CC(C)C)C(=O)c1nn(CC)cc1N. The zero-order valence-electron chi connectivity index (χ0n) is 13.1. The molecular formula is C14H24N4O3. The summed E-state index contributed by atoms with van der Waals surface area (Å²) in [5, 5.41) is 4.16. The Hall–Kier alpha value is -2.05. The molecule has 0 aliphatic rings. The first-order valence-corrected chi connectivity index (χ1v) is 7.16. The summed E-state index contributed by atoms with van der Waals surface area (Å²) in [6, 6.07) is 0. The number of carbonyl (C=O) groups excluding carboxylic acids is 2. The van der Waals surface area contributed by atoms with E-state index in [4.69, 9.17) is 10.5 Å². The highest BCUT2D eigenvalue weighted by molar-refractivity contribution is 5.98. The molecule has 7 heteroatoms. The molecule has 0 spiro atoms. The monoisotopic (exact) mass is 296 g/mol. The molecular weight excluding hydrogens is 272 g/mol. The van der Waals surface area contributed by atoms with Gasteiger partial charge in [-0.15, -0.1) is 0 Å². The predicted molar refractivity (Wildman–Crippen MR) is 79.7 cm³/mol. The van der Waals surface area contributed by atoms with Crippen molar-refractivity contribution in [2.45, 2.75) is 34.2 Å². The van der Waals surface area contributed by atoms with Gasteiger partial charge >= 0.3 is 5.97 Å². The number of aryl methyl sites for hydroxylation is 1. The van der Waals surface area contributed by atoms with Crippen LogP contribution in [0, 0.1) is 5.92 Å². The maximum Gasteiger partial charge on any atom is 0.325 e. The molecule has 0 fully saturated rings. The molecule has 0 aliphatic heterocycles. The van der Waals surface area contributed by atoms with Gasteiger partial charge in [0.2, 0.25) is 0 Å². The van der Waals surface area contributed by atoms with Crippen LogP contribution in [-0.4, -0.2) is 46.3 Å². The van der Waals surface area contributed by atoms with Crippen LogP contribution >= 0.6 is 0 Å². The molecule has 1 aromatic heterocycles. The van der Waals surface area contributed by atoms with E-state index < -0.39 is 5.97 Å². The third kappa shape index (κ3) is 4.77.